The maximum atomic E-state index is 13.8. The molecular formula is C20H20FNO4. The monoisotopic (exact) mass is 357 g/mol. The van der Waals surface area contributed by atoms with Gasteiger partial charge in [-0.25, -0.2) is 14.1 Å². The van der Waals surface area contributed by atoms with Crippen LogP contribution >= 0.6 is 0 Å². The van der Waals surface area contributed by atoms with Gasteiger partial charge in [-0.15, -0.1) is 0 Å². The second-order valence-electron chi connectivity index (χ2n) is 7.06. The summed E-state index contributed by atoms with van der Waals surface area (Å²) in [6, 6.07) is 10.8. The zero-order chi connectivity index (χ0) is 19.1. The van der Waals surface area contributed by atoms with Crippen molar-refractivity contribution in [2.45, 2.75) is 32.3 Å². The highest BCUT2D eigenvalue weighted by Crippen LogP contribution is 2.42. The van der Waals surface area contributed by atoms with Crippen molar-refractivity contribution in [2.24, 2.45) is 0 Å². The summed E-state index contributed by atoms with van der Waals surface area (Å²) < 4.78 is 24.3. The Morgan fingerprint density at radius 1 is 1.12 bits per heavy atom. The van der Waals surface area contributed by atoms with Crippen LogP contribution < -0.4 is 9.64 Å². The number of methoxy groups -OCH3 is 1. The normalized spacial score (nSPS) is 16.4. The predicted molar refractivity (Wildman–Crippen MR) is 95.0 cm³/mol. The molecule has 26 heavy (non-hydrogen) atoms. The van der Waals surface area contributed by atoms with E-state index in [1.807, 2.05) is 0 Å². The van der Waals surface area contributed by atoms with E-state index in [1.54, 1.807) is 52.1 Å². The Morgan fingerprint density at radius 2 is 1.77 bits per heavy atom. The Balaban J connectivity index is 2.05. The van der Waals surface area contributed by atoms with E-state index in [4.69, 9.17) is 9.47 Å². The molecule has 6 heteroatoms. The molecule has 1 aliphatic rings. The number of halogens is 1. The van der Waals surface area contributed by atoms with Gasteiger partial charge in [-0.2, -0.15) is 0 Å². The Bertz CT molecular complexity index is 855. The third-order valence-electron chi connectivity index (χ3n) is 4.03. The van der Waals surface area contributed by atoms with E-state index in [0.717, 1.165) is 4.90 Å². The summed E-state index contributed by atoms with van der Waals surface area (Å²) in [4.78, 5) is 26.6. The number of anilines is 1. The van der Waals surface area contributed by atoms with E-state index < -0.39 is 29.3 Å². The lowest BCUT2D eigenvalue weighted by atomic mass is 9.92. The fourth-order valence-electron chi connectivity index (χ4n) is 2.96. The first kappa shape index (κ1) is 17.9. The van der Waals surface area contributed by atoms with E-state index in [2.05, 4.69) is 0 Å². The number of hydrogen-bond donors (Lipinski definition) is 0. The molecule has 1 atom stereocenters. The fourth-order valence-corrected chi connectivity index (χ4v) is 2.96. The summed E-state index contributed by atoms with van der Waals surface area (Å²) in [5, 5.41) is 0. The summed E-state index contributed by atoms with van der Waals surface area (Å²) in [6.07, 6.45) is -0.772. The number of hydrogen-bond acceptors (Lipinski definition) is 4. The van der Waals surface area contributed by atoms with Gasteiger partial charge in [0, 0.05) is 0 Å². The minimum absolute atomic E-state index is 0.339. The first-order valence-corrected chi connectivity index (χ1v) is 8.21. The first-order chi connectivity index (χ1) is 12.2. The highest BCUT2D eigenvalue weighted by molar-refractivity contribution is 6.20. The van der Waals surface area contributed by atoms with E-state index in [0.29, 0.717) is 22.6 Å². The Labute approximate surface area is 151 Å². The lowest BCUT2D eigenvalue weighted by Gasteiger charge is -2.24. The van der Waals surface area contributed by atoms with Crippen molar-refractivity contribution >= 4 is 17.7 Å². The molecule has 1 heterocycles. The average molecular weight is 357 g/mol. The zero-order valence-electron chi connectivity index (χ0n) is 15.1. The number of nitrogens with zero attached hydrogens (tertiary/aromatic N) is 1. The maximum Gasteiger partial charge on any atom is 0.421 e. The third kappa shape index (κ3) is 3.27. The second-order valence-corrected chi connectivity index (χ2v) is 7.06. The van der Waals surface area contributed by atoms with Gasteiger partial charge >= 0.3 is 6.09 Å². The van der Waals surface area contributed by atoms with Gasteiger partial charge in [-0.1, -0.05) is 12.1 Å². The highest BCUT2D eigenvalue weighted by Gasteiger charge is 2.43. The van der Waals surface area contributed by atoms with E-state index in [1.165, 1.54) is 18.2 Å². The number of imide groups is 1. The molecule has 5 nitrogen and oxygen atoms in total. The number of ether oxygens (including phenoxy) is 2. The van der Waals surface area contributed by atoms with Crippen LogP contribution in [0.1, 0.15) is 37.8 Å². The molecule has 0 saturated heterocycles. The molecule has 0 aliphatic carbocycles. The molecule has 1 unspecified atom stereocenters. The van der Waals surface area contributed by atoms with Crippen LogP contribution in [0.2, 0.25) is 0 Å². The van der Waals surface area contributed by atoms with Crippen LogP contribution in [0.15, 0.2) is 42.5 Å². The van der Waals surface area contributed by atoms with Gasteiger partial charge in [-0.3, -0.25) is 4.79 Å². The summed E-state index contributed by atoms with van der Waals surface area (Å²) >= 11 is 0. The molecule has 0 bridgehead atoms. The van der Waals surface area contributed by atoms with Gasteiger partial charge in [0.05, 0.1) is 18.7 Å². The van der Waals surface area contributed by atoms with E-state index >= 15 is 0 Å². The van der Waals surface area contributed by atoms with Crippen LogP contribution in [-0.4, -0.2) is 24.7 Å². The standard InChI is InChI=1S/C20H20FNO4/c1-20(2,3)26-19(24)22-16-10-7-13(21)11-15(16)17(18(22)23)12-5-8-14(25-4)9-6-12/h5-11,17H,1-4H3. The number of carbonyl (C=O) groups excluding carboxylic acids is 2. The molecule has 0 spiro atoms. The number of benzene rings is 2. The lowest BCUT2D eigenvalue weighted by Crippen LogP contribution is -2.39. The van der Waals surface area contributed by atoms with Crippen LogP contribution in [0, 0.1) is 5.82 Å². The van der Waals surface area contributed by atoms with Crippen molar-refractivity contribution < 1.29 is 23.5 Å². The molecule has 0 radical (unpaired) electrons. The molecule has 136 valence electrons. The van der Waals surface area contributed by atoms with Crippen molar-refractivity contribution in [3.63, 3.8) is 0 Å². The van der Waals surface area contributed by atoms with Crippen molar-refractivity contribution in [1.29, 1.82) is 0 Å². The van der Waals surface area contributed by atoms with Crippen LogP contribution in [0.25, 0.3) is 0 Å². The van der Waals surface area contributed by atoms with Crippen molar-refractivity contribution in [3.05, 3.63) is 59.4 Å². The molecule has 0 aromatic heterocycles. The van der Waals surface area contributed by atoms with Crippen molar-refractivity contribution in [2.75, 3.05) is 12.0 Å². The second kappa shape index (κ2) is 6.44. The summed E-state index contributed by atoms with van der Waals surface area (Å²) in [6.45, 7) is 5.16. The van der Waals surface area contributed by atoms with Gasteiger partial charge < -0.3 is 9.47 Å². The van der Waals surface area contributed by atoms with Crippen molar-refractivity contribution in [3.8, 4) is 5.75 Å². The quantitative estimate of drug-likeness (QED) is 0.806. The molecule has 2 aromatic carbocycles. The minimum atomic E-state index is -0.779. The van der Waals surface area contributed by atoms with E-state index in [-0.39, 0.29) is 0 Å². The summed E-state index contributed by atoms with van der Waals surface area (Å²) in [5.74, 6) is -1.08. The molecule has 2 aromatic rings. The summed E-state index contributed by atoms with van der Waals surface area (Å²) in [5.41, 5.74) is 0.668. The topological polar surface area (TPSA) is 55.8 Å². The van der Waals surface area contributed by atoms with Crippen LogP contribution in [-0.2, 0) is 9.53 Å². The van der Waals surface area contributed by atoms with Crippen LogP contribution in [0.4, 0.5) is 14.9 Å². The van der Waals surface area contributed by atoms with Crippen LogP contribution in [0.3, 0.4) is 0 Å². The van der Waals surface area contributed by atoms with Gasteiger partial charge in [0.15, 0.2) is 0 Å². The first-order valence-electron chi connectivity index (χ1n) is 8.21. The van der Waals surface area contributed by atoms with Gasteiger partial charge in [0.25, 0.3) is 0 Å². The fraction of sp³-hybridized carbons (Fsp3) is 0.300. The number of fused-ring (bicyclic) bond motifs is 1. The smallest absolute Gasteiger partial charge is 0.421 e. The lowest BCUT2D eigenvalue weighted by molar-refractivity contribution is -0.118. The van der Waals surface area contributed by atoms with Gasteiger partial charge in [-0.05, 0) is 62.2 Å². The number of rotatable bonds is 2. The Morgan fingerprint density at radius 3 is 2.35 bits per heavy atom. The molecule has 0 saturated carbocycles. The molecule has 3 rings (SSSR count). The maximum absolute atomic E-state index is 13.8. The summed E-state index contributed by atoms with van der Waals surface area (Å²) in [7, 11) is 1.55. The van der Waals surface area contributed by atoms with Crippen LogP contribution in [0.5, 0.6) is 5.75 Å². The minimum Gasteiger partial charge on any atom is -0.497 e. The largest absolute Gasteiger partial charge is 0.497 e. The van der Waals surface area contributed by atoms with E-state index in [9.17, 15) is 14.0 Å². The average Bonchev–Trinajstić information content (AvgIpc) is 2.84. The number of amides is 2. The van der Waals surface area contributed by atoms with Gasteiger partial charge in [0.1, 0.15) is 17.2 Å². The number of carbonyl (C=O) groups is 2. The third-order valence-corrected chi connectivity index (χ3v) is 4.03. The SMILES string of the molecule is COc1ccc(C2C(=O)N(C(=O)OC(C)(C)C)c3ccc(F)cc32)cc1. The molecule has 2 amide bonds. The molecule has 0 N–H and O–H groups in total. The Hall–Kier alpha value is -2.89. The zero-order valence-corrected chi connectivity index (χ0v) is 15.1. The molecule has 1 aliphatic heterocycles. The molecular weight excluding hydrogens is 337 g/mol. The Kier molecular flexibility index (Phi) is 4.44. The predicted octanol–water partition coefficient (Wildman–Crippen LogP) is 4.25. The van der Waals surface area contributed by atoms with Gasteiger partial charge in [0.2, 0.25) is 5.91 Å². The molecule has 0 fully saturated rings. The highest BCUT2D eigenvalue weighted by atomic mass is 19.1. The van der Waals surface area contributed by atoms with Crippen molar-refractivity contribution in [1.82, 2.24) is 0 Å².